The Hall–Kier alpha value is -0.650. The van der Waals surface area contributed by atoms with Crippen molar-refractivity contribution in [2.24, 2.45) is 5.73 Å². The summed E-state index contributed by atoms with van der Waals surface area (Å²) in [6.45, 7) is 2.93. The lowest BCUT2D eigenvalue weighted by Crippen LogP contribution is -2.51. The Bertz CT molecular complexity index is 169. The van der Waals surface area contributed by atoms with Crippen LogP contribution in [0.4, 0.5) is 0 Å². The van der Waals surface area contributed by atoms with Crippen molar-refractivity contribution in [1.82, 2.24) is 0 Å². The first-order valence-corrected chi connectivity index (χ1v) is 4.16. The molecule has 5 nitrogen and oxygen atoms in total. The predicted molar refractivity (Wildman–Crippen MR) is 47.1 cm³/mol. The van der Waals surface area contributed by atoms with E-state index >= 15 is 0 Å². The molecule has 0 aromatic heterocycles. The molecular formula is C8H17NO4. The van der Waals surface area contributed by atoms with Crippen LogP contribution in [0.25, 0.3) is 0 Å². The van der Waals surface area contributed by atoms with Gasteiger partial charge in [-0.1, -0.05) is 0 Å². The number of aliphatic carboxylic acids is 1. The maximum Gasteiger partial charge on any atom is 0.323 e. The van der Waals surface area contributed by atoms with Crippen molar-refractivity contribution < 1.29 is 20.1 Å². The van der Waals surface area contributed by atoms with E-state index in [9.17, 15) is 4.79 Å². The summed E-state index contributed by atoms with van der Waals surface area (Å²) < 4.78 is 0. The summed E-state index contributed by atoms with van der Waals surface area (Å²) in [6, 6.07) is 0. The number of nitrogens with two attached hydrogens (primary N) is 1. The molecule has 0 aliphatic heterocycles. The van der Waals surface area contributed by atoms with E-state index in [-0.39, 0.29) is 12.8 Å². The van der Waals surface area contributed by atoms with Crippen molar-refractivity contribution in [3.05, 3.63) is 0 Å². The van der Waals surface area contributed by atoms with Crippen LogP contribution in [0, 0.1) is 0 Å². The lowest BCUT2D eigenvalue weighted by atomic mass is 9.88. The summed E-state index contributed by atoms with van der Waals surface area (Å²) in [5.74, 6) is -1.20. The van der Waals surface area contributed by atoms with Gasteiger partial charge in [0.15, 0.2) is 0 Å². The Morgan fingerprint density at radius 2 is 1.62 bits per heavy atom. The molecule has 78 valence electrons. The van der Waals surface area contributed by atoms with Gasteiger partial charge in [-0.3, -0.25) is 4.79 Å². The molecule has 0 fully saturated rings. The molecule has 0 aliphatic carbocycles. The van der Waals surface area contributed by atoms with E-state index in [1.54, 1.807) is 0 Å². The highest BCUT2D eigenvalue weighted by atomic mass is 16.4. The second-order valence-electron chi connectivity index (χ2n) is 3.57. The summed E-state index contributed by atoms with van der Waals surface area (Å²) in [5, 5.41) is 26.8. The number of carboxylic acid groups (broad SMARTS) is 1. The molecule has 0 saturated heterocycles. The number of hydrogen-bond donors (Lipinski definition) is 4. The third-order valence-corrected chi connectivity index (χ3v) is 1.75. The molecule has 0 heterocycles. The summed E-state index contributed by atoms with van der Waals surface area (Å²) in [5.41, 5.74) is 3.98. The highest BCUT2D eigenvalue weighted by Gasteiger charge is 2.36. The fraction of sp³-hybridized carbons (Fsp3) is 0.875. The van der Waals surface area contributed by atoms with Crippen molar-refractivity contribution in [3.8, 4) is 0 Å². The number of rotatable bonds is 5. The van der Waals surface area contributed by atoms with E-state index in [0.717, 1.165) is 0 Å². The Labute approximate surface area is 77.2 Å². The van der Waals surface area contributed by atoms with Crippen molar-refractivity contribution in [3.63, 3.8) is 0 Å². The van der Waals surface area contributed by atoms with E-state index < -0.39 is 23.7 Å². The normalized spacial score (nSPS) is 20.4. The number of carbonyl (C=O) groups is 1. The smallest absolute Gasteiger partial charge is 0.323 e. The van der Waals surface area contributed by atoms with Gasteiger partial charge in [0.1, 0.15) is 5.54 Å². The number of hydrogen-bond acceptors (Lipinski definition) is 4. The van der Waals surface area contributed by atoms with Gasteiger partial charge in [0.25, 0.3) is 0 Å². The van der Waals surface area contributed by atoms with Gasteiger partial charge in [0.2, 0.25) is 0 Å². The zero-order valence-electron chi connectivity index (χ0n) is 7.90. The topological polar surface area (TPSA) is 104 Å². The number of carboxylic acids is 1. The molecule has 2 atom stereocenters. The fourth-order valence-electron chi connectivity index (χ4n) is 1.31. The quantitative estimate of drug-likeness (QED) is 0.460. The van der Waals surface area contributed by atoms with Crippen LogP contribution < -0.4 is 5.73 Å². The molecule has 5 heteroatoms. The second kappa shape index (κ2) is 4.55. The highest BCUT2D eigenvalue weighted by Crippen LogP contribution is 2.17. The van der Waals surface area contributed by atoms with Crippen LogP contribution in [0.3, 0.4) is 0 Å². The largest absolute Gasteiger partial charge is 0.480 e. The standard InChI is InChI=1S/C8H17NO4/c1-5(10)3-8(9,7(12)13)4-6(2)11/h5-6,10-11H,3-4,9H2,1-2H3,(H,12,13). The van der Waals surface area contributed by atoms with Crippen LogP contribution in [0.15, 0.2) is 0 Å². The lowest BCUT2D eigenvalue weighted by molar-refractivity contribution is -0.146. The molecule has 0 aliphatic rings. The summed E-state index contributed by atoms with van der Waals surface area (Å²) in [7, 11) is 0. The Balaban J connectivity index is 4.43. The van der Waals surface area contributed by atoms with Crippen LogP contribution in [-0.4, -0.2) is 39.0 Å². The van der Waals surface area contributed by atoms with Gasteiger partial charge in [-0.2, -0.15) is 0 Å². The molecule has 0 saturated carbocycles. The van der Waals surface area contributed by atoms with Crippen molar-refractivity contribution in [1.29, 1.82) is 0 Å². The van der Waals surface area contributed by atoms with E-state index in [0.29, 0.717) is 0 Å². The highest BCUT2D eigenvalue weighted by molar-refractivity contribution is 5.78. The van der Waals surface area contributed by atoms with Gasteiger partial charge in [-0.15, -0.1) is 0 Å². The molecule has 2 unspecified atom stereocenters. The summed E-state index contributed by atoms with van der Waals surface area (Å²) >= 11 is 0. The van der Waals surface area contributed by atoms with Crippen molar-refractivity contribution in [2.75, 3.05) is 0 Å². The molecule has 0 aromatic rings. The molecular weight excluding hydrogens is 174 g/mol. The third kappa shape index (κ3) is 4.21. The van der Waals surface area contributed by atoms with Crippen LogP contribution in [0.2, 0.25) is 0 Å². The van der Waals surface area contributed by atoms with E-state index in [4.69, 9.17) is 21.1 Å². The van der Waals surface area contributed by atoms with Gasteiger partial charge >= 0.3 is 5.97 Å². The van der Waals surface area contributed by atoms with Crippen LogP contribution in [0.1, 0.15) is 26.7 Å². The minimum absolute atomic E-state index is 0.0623. The van der Waals surface area contributed by atoms with Gasteiger partial charge in [-0.05, 0) is 13.8 Å². The zero-order valence-corrected chi connectivity index (χ0v) is 7.90. The average Bonchev–Trinajstić information content (AvgIpc) is 1.82. The second-order valence-corrected chi connectivity index (χ2v) is 3.57. The third-order valence-electron chi connectivity index (χ3n) is 1.75. The van der Waals surface area contributed by atoms with Crippen LogP contribution >= 0.6 is 0 Å². The maximum atomic E-state index is 10.7. The molecule has 0 bridgehead atoms. The van der Waals surface area contributed by atoms with Crippen molar-refractivity contribution >= 4 is 5.97 Å². The Kier molecular flexibility index (Phi) is 4.32. The first-order chi connectivity index (χ1) is 5.78. The molecule has 0 amide bonds. The summed E-state index contributed by atoms with van der Waals surface area (Å²) in [6.07, 6.45) is -1.71. The van der Waals surface area contributed by atoms with Gasteiger partial charge < -0.3 is 21.1 Å². The van der Waals surface area contributed by atoms with Gasteiger partial charge in [-0.25, -0.2) is 0 Å². The minimum atomic E-state index is -1.54. The summed E-state index contributed by atoms with van der Waals surface area (Å²) in [4.78, 5) is 10.7. The Morgan fingerprint density at radius 1 is 1.31 bits per heavy atom. The first kappa shape index (κ1) is 12.3. The van der Waals surface area contributed by atoms with Gasteiger partial charge in [0, 0.05) is 12.8 Å². The molecule has 0 spiro atoms. The van der Waals surface area contributed by atoms with E-state index in [1.165, 1.54) is 13.8 Å². The number of aliphatic hydroxyl groups excluding tert-OH is 2. The monoisotopic (exact) mass is 191 g/mol. The first-order valence-electron chi connectivity index (χ1n) is 4.16. The minimum Gasteiger partial charge on any atom is -0.480 e. The lowest BCUT2D eigenvalue weighted by Gasteiger charge is -2.27. The van der Waals surface area contributed by atoms with E-state index in [1.807, 2.05) is 0 Å². The maximum absolute atomic E-state index is 10.7. The average molecular weight is 191 g/mol. The Morgan fingerprint density at radius 3 is 1.77 bits per heavy atom. The predicted octanol–water partition coefficient (Wildman–Crippen LogP) is -0.690. The molecule has 5 N–H and O–H groups in total. The molecule has 0 rings (SSSR count). The van der Waals surface area contributed by atoms with E-state index in [2.05, 4.69) is 0 Å². The fourth-order valence-corrected chi connectivity index (χ4v) is 1.31. The molecule has 0 aromatic carbocycles. The van der Waals surface area contributed by atoms with Crippen LogP contribution in [-0.2, 0) is 4.79 Å². The SMILES string of the molecule is CC(O)CC(N)(CC(C)O)C(=O)O. The van der Waals surface area contributed by atoms with Crippen molar-refractivity contribution in [2.45, 2.75) is 44.4 Å². The zero-order chi connectivity index (χ0) is 10.6. The van der Waals surface area contributed by atoms with Gasteiger partial charge in [0.05, 0.1) is 12.2 Å². The number of aliphatic hydroxyl groups is 2. The molecule has 13 heavy (non-hydrogen) atoms. The van der Waals surface area contributed by atoms with Crippen LogP contribution in [0.5, 0.6) is 0 Å². The molecule has 0 radical (unpaired) electrons.